The molecule has 0 aromatic heterocycles. The largest absolute Gasteiger partial charge is 0.419 e. The molecule has 0 spiro atoms. The molecule has 4 rings (SSSR count). The molecule has 3 aromatic carbocycles. The minimum atomic E-state index is -4.77. The summed E-state index contributed by atoms with van der Waals surface area (Å²) in [5.74, 6) is -1.31. The van der Waals surface area contributed by atoms with Crippen molar-refractivity contribution >= 4 is 28.6 Å². The van der Waals surface area contributed by atoms with E-state index in [1.807, 2.05) is 42.2 Å². The Kier molecular flexibility index (Phi) is 5.60. The third-order valence-corrected chi connectivity index (χ3v) is 5.87. The number of alkyl halides is 3. The smallest absolute Gasteiger partial charge is 0.355 e. The van der Waals surface area contributed by atoms with Crippen LogP contribution in [-0.2, 0) is 11.0 Å². The molecule has 3 nitrogen and oxygen atoms in total. The zero-order valence-corrected chi connectivity index (χ0v) is 17.0. The van der Waals surface area contributed by atoms with E-state index in [4.69, 9.17) is 0 Å². The zero-order valence-electron chi connectivity index (χ0n) is 17.0. The van der Waals surface area contributed by atoms with E-state index >= 15 is 0 Å². The van der Waals surface area contributed by atoms with Crippen LogP contribution in [0.1, 0.15) is 42.0 Å². The van der Waals surface area contributed by atoms with Gasteiger partial charge < -0.3 is 10.2 Å². The van der Waals surface area contributed by atoms with Gasteiger partial charge in [-0.1, -0.05) is 24.3 Å². The van der Waals surface area contributed by atoms with Crippen molar-refractivity contribution in [3.8, 4) is 0 Å². The standard InChI is InChI=1S/C24H22F4N2O/c1-15-5-4-6-17-21(29-16-8-10-20(25)19(13-16)24(26,27)28)11-9-18(23(15)17)22-7-2-3-12-30(22)14-31/h4-6,8-11,13-14,22,29H,2-3,7,12H2,1H3. The number of nitrogens with zero attached hydrogens (tertiary/aromatic N) is 1. The van der Waals surface area contributed by atoms with E-state index in [1.165, 1.54) is 6.07 Å². The lowest BCUT2D eigenvalue weighted by Gasteiger charge is -2.34. The van der Waals surface area contributed by atoms with Crippen LogP contribution in [0.4, 0.5) is 28.9 Å². The molecule has 3 aromatic rings. The van der Waals surface area contributed by atoms with Crippen LogP contribution in [0.2, 0.25) is 0 Å². The molecule has 31 heavy (non-hydrogen) atoms. The molecule has 162 valence electrons. The Morgan fingerprint density at radius 3 is 2.65 bits per heavy atom. The first-order valence-corrected chi connectivity index (χ1v) is 10.2. The van der Waals surface area contributed by atoms with E-state index in [0.29, 0.717) is 12.2 Å². The van der Waals surface area contributed by atoms with Gasteiger partial charge in [-0.15, -0.1) is 0 Å². The fourth-order valence-corrected chi connectivity index (χ4v) is 4.40. The highest BCUT2D eigenvalue weighted by molar-refractivity contribution is 5.99. The molecule has 1 atom stereocenters. The number of piperidine rings is 1. The van der Waals surface area contributed by atoms with Crippen molar-refractivity contribution < 1.29 is 22.4 Å². The lowest BCUT2D eigenvalue weighted by molar-refractivity contribution is -0.139. The third-order valence-electron chi connectivity index (χ3n) is 5.87. The number of rotatable bonds is 4. The maximum absolute atomic E-state index is 13.7. The fraction of sp³-hybridized carbons (Fsp3) is 0.292. The predicted molar refractivity (Wildman–Crippen MR) is 113 cm³/mol. The van der Waals surface area contributed by atoms with Crippen LogP contribution in [-0.4, -0.2) is 17.9 Å². The van der Waals surface area contributed by atoms with Gasteiger partial charge in [0.2, 0.25) is 6.41 Å². The van der Waals surface area contributed by atoms with Crippen molar-refractivity contribution in [1.29, 1.82) is 0 Å². The number of anilines is 2. The molecule has 1 aliphatic heterocycles. The number of likely N-dealkylation sites (tertiary alicyclic amines) is 1. The molecule has 7 heteroatoms. The Balaban J connectivity index is 1.79. The SMILES string of the molecule is Cc1cccc2c(Nc3ccc(F)c(C(F)(F)F)c3)ccc(C3CCCCN3C=O)c12. The van der Waals surface area contributed by atoms with Gasteiger partial charge >= 0.3 is 6.18 Å². The number of amides is 1. The van der Waals surface area contributed by atoms with E-state index in [-0.39, 0.29) is 11.7 Å². The predicted octanol–water partition coefficient (Wildman–Crippen LogP) is 6.73. The quantitative estimate of drug-likeness (QED) is 0.368. The van der Waals surface area contributed by atoms with Gasteiger partial charge in [0.1, 0.15) is 5.82 Å². The highest BCUT2D eigenvalue weighted by Crippen LogP contribution is 2.40. The van der Waals surface area contributed by atoms with E-state index in [1.54, 1.807) is 0 Å². The molecule has 1 amide bonds. The Bertz CT molecular complexity index is 1130. The highest BCUT2D eigenvalue weighted by Gasteiger charge is 2.34. The van der Waals surface area contributed by atoms with Crippen molar-refractivity contribution in [2.45, 2.75) is 38.4 Å². The molecular weight excluding hydrogens is 408 g/mol. The third kappa shape index (κ3) is 4.09. The van der Waals surface area contributed by atoms with E-state index in [9.17, 15) is 22.4 Å². The Labute approximate surface area is 177 Å². The van der Waals surface area contributed by atoms with Gasteiger partial charge in [-0.25, -0.2) is 4.39 Å². The molecule has 0 bridgehead atoms. The van der Waals surface area contributed by atoms with Crippen LogP contribution in [0.25, 0.3) is 10.8 Å². The number of fused-ring (bicyclic) bond motifs is 1. The number of nitrogens with one attached hydrogen (secondary N) is 1. The van der Waals surface area contributed by atoms with Gasteiger partial charge in [0.15, 0.2) is 0 Å². The van der Waals surface area contributed by atoms with Crippen molar-refractivity contribution in [2.24, 2.45) is 0 Å². The summed E-state index contributed by atoms with van der Waals surface area (Å²) >= 11 is 0. The van der Waals surface area contributed by atoms with E-state index in [2.05, 4.69) is 5.32 Å². The maximum atomic E-state index is 13.7. The molecule has 0 saturated carbocycles. The van der Waals surface area contributed by atoms with Gasteiger partial charge in [-0.2, -0.15) is 13.2 Å². The summed E-state index contributed by atoms with van der Waals surface area (Å²) in [7, 11) is 0. The molecule has 0 radical (unpaired) electrons. The normalized spacial score (nSPS) is 17.1. The Hall–Kier alpha value is -3.09. The number of hydrogen-bond acceptors (Lipinski definition) is 2. The van der Waals surface area contributed by atoms with Gasteiger partial charge in [-0.05, 0) is 67.0 Å². The second-order valence-corrected chi connectivity index (χ2v) is 7.87. The first-order valence-electron chi connectivity index (χ1n) is 10.2. The summed E-state index contributed by atoms with van der Waals surface area (Å²) in [6.45, 7) is 2.68. The Morgan fingerprint density at radius 1 is 1.10 bits per heavy atom. The van der Waals surface area contributed by atoms with E-state index < -0.39 is 17.6 Å². The number of aryl methyl sites for hydroxylation is 1. The summed E-state index contributed by atoms with van der Waals surface area (Å²) in [5.41, 5.74) is 1.51. The topological polar surface area (TPSA) is 32.3 Å². The molecule has 1 aliphatic rings. The molecule has 0 aliphatic carbocycles. The Morgan fingerprint density at radius 2 is 1.90 bits per heavy atom. The van der Waals surface area contributed by atoms with Gasteiger partial charge in [0, 0.05) is 23.3 Å². The van der Waals surface area contributed by atoms with Crippen LogP contribution in [0.3, 0.4) is 0 Å². The molecule has 1 unspecified atom stereocenters. The first kappa shape index (κ1) is 21.2. The van der Waals surface area contributed by atoms with E-state index in [0.717, 1.165) is 59.7 Å². The van der Waals surface area contributed by atoms with Crippen LogP contribution in [0.15, 0.2) is 48.5 Å². The monoisotopic (exact) mass is 430 g/mol. The number of benzene rings is 3. The molecule has 1 heterocycles. The summed E-state index contributed by atoms with van der Waals surface area (Å²) in [6, 6.07) is 12.3. The number of carbonyl (C=O) groups excluding carboxylic acids is 1. The lowest BCUT2D eigenvalue weighted by atomic mass is 9.89. The number of hydrogen-bond donors (Lipinski definition) is 1. The number of carbonyl (C=O) groups is 1. The zero-order chi connectivity index (χ0) is 22.2. The van der Waals surface area contributed by atoms with Crippen LogP contribution >= 0.6 is 0 Å². The number of halogens is 4. The second-order valence-electron chi connectivity index (χ2n) is 7.87. The maximum Gasteiger partial charge on any atom is 0.419 e. The molecule has 1 saturated heterocycles. The summed E-state index contributed by atoms with van der Waals surface area (Å²) in [6.07, 6.45) is -1.03. The molecular formula is C24H22F4N2O. The summed E-state index contributed by atoms with van der Waals surface area (Å²) < 4.78 is 53.0. The minimum Gasteiger partial charge on any atom is -0.355 e. The molecule has 1 N–H and O–H groups in total. The van der Waals surface area contributed by atoms with Crippen molar-refractivity contribution in [2.75, 3.05) is 11.9 Å². The minimum absolute atomic E-state index is 0.0356. The van der Waals surface area contributed by atoms with Gasteiger partial charge in [0.05, 0.1) is 11.6 Å². The van der Waals surface area contributed by atoms with Crippen molar-refractivity contribution in [1.82, 2.24) is 4.90 Å². The van der Waals surface area contributed by atoms with Gasteiger partial charge in [-0.3, -0.25) is 4.79 Å². The van der Waals surface area contributed by atoms with Crippen LogP contribution < -0.4 is 5.32 Å². The van der Waals surface area contributed by atoms with Gasteiger partial charge in [0.25, 0.3) is 0 Å². The second kappa shape index (κ2) is 8.21. The van der Waals surface area contributed by atoms with Crippen molar-refractivity contribution in [3.05, 3.63) is 71.0 Å². The average molecular weight is 430 g/mol. The summed E-state index contributed by atoms with van der Waals surface area (Å²) in [5, 5.41) is 4.84. The highest BCUT2D eigenvalue weighted by atomic mass is 19.4. The van der Waals surface area contributed by atoms with Crippen molar-refractivity contribution in [3.63, 3.8) is 0 Å². The molecule has 1 fully saturated rings. The van der Waals surface area contributed by atoms with Crippen LogP contribution in [0, 0.1) is 12.7 Å². The lowest BCUT2D eigenvalue weighted by Crippen LogP contribution is -2.32. The average Bonchev–Trinajstić information content (AvgIpc) is 2.75. The van der Waals surface area contributed by atoms with Crippen LogP contribution in [0.5, 0.6) is 0 Å². The summed E-state index contributed by atoms with van der Waals surface area (Å²) in [4.78, 5) is 13.4. The first-order chi connectivity index (χ1) is 14.8. The fourth-order valence-electron chi connectivity index (χ4n) is 4.40.